The number of halogens is 3. The van der Waals surface area contributed by atoms with E-state index in [-0.39, 0.29) is 25.5 Å². The van der Waals surface area contributed by atoms with Crippen LogP contribution in [0.5, 0.6) is 0 Å². The van der Waals surface area contributed by atoms with Gasteiger partial charge in [0, 0.05) is 51.3 Å². The van der Waals surface area contributed by atoms with E-state index in [1.165, 1.54) is 18.1 Å². The molecule has 1 unspecified atom stereocenters. The Balaban J connectivity index is 1.56. The van der Waals surface area contributed by atoms with Gasteiger partial charge in [0.2, 0.25) is 17.4 Å². The molecule has 1 atom stereocenters. The van der Waals surface area contributed by atoms with Crippen molar-refractivity contribution in [1.82, 2.24) is 19.4 Å². The molecule has 11 heteroatoms. The third-order valence-electron chi connectivity index (χ3n) is 5.83. The molecule has 33 heavy (non-hydrogen) atoms. The van der Waals surface area contributed by atoms with E-state index in [1.54, 1.807) is 0 Å². The Labute approximate surface area is 190 Å². The molecule has 0 radical (unpaired) electrons. The molecule has 2 amide bonds. The molecular formula is C22H28F3N5O3. The summed E-state index contributed by atoms with van der Waals surface area (Å²) >= 11 is 0. The molecule has 2 N–H and O–H groups in total. The minimum Gasteiger partial charge on any atom is -0.374 e. The molecule has 3 rings (SSSR count). The summed E-state index contributed by atoms with van der Waals surface area (Å²) in [6, 6.07) is 7.51. The standard InChI is InChI=1S/C22H28F3N5O3/c1-3-16-6-4-5-7-17(16)27-18(31)15-29-10-12-30(13-11-29)19(32)14-21(33,22(23,24)25)20-26-8-9-28(20)2/h4-9,33H,3,10-15H2,1-2H3,(H,27,31). The van der Waals surface area contributed by atoms with Crippen LogP contribution < -0.4 is 5.32 Å². The van der Waals surface area contributed by atoms with Gasteiger partial charge < -0.3 is 19.9 Å². The lowest BCUT2D eigenvalue weighted by atomic mass is 9.96. The molecule has 0 saturated carbocycles. The highest BCUT2D eigenvalue weighted by Crippen LogP contribution is 2.41. The first-order valence-electron chi connectivity index (χ1n) is 10.7. The molecule has 8 nitrogen and oxygen atoms in total. The molecule has 1 aliphatic rings. The molecular weight excluding hydrogens is 439 g/mol. The maximum Gasteiger partial charge on any atom is 0.425 e. The molecule has 1 saturated heterocycles. The van der Waals surface area contributed by atoms with E-state index in [0.717, 1.165) is 28.4 Å². The van der Waals surface area contributed by atoms with Crippen molar-refractivity contribution in [1.29, 1.82) is 0 Å². The van der Waals surface area contributed by atoms with Gasteiger partial charge in [-0.25, -0.2) is 4.98 Å². The Hall–Kier alpha value is -2.92. The number of aliphatic hydroxyl groups is 1. The predicted molar refractivity (Wildman–Crippen MR) is 115 cm³/mol. The van der Waals surface area contributed by atoms with Gasteiger partial charge in [0.05, 0.1) is 13.0 Å². The van der Waals surface area contributed by atoms with Crippen molar-refractivity contribution < 1.29 is 27.9 Å². The van der Waals surface area contributed by atoms with Crippen molar-refractivity contribution in [2.24, 2.45) is 7.05 Å². The number of carbonyl (C=O) groups is 2. The van der Waals surface area contributed by atoms with E-state index in [4.69, 9.17) is 0 Å². The first-order valence-corrected chi connectivity index (χ1v) is 10.7. The monoisotopic (exact) mass is 467 g/mol. The van der Waals surface area contributed by atoms with Crippen LogP contribution in [0.3, 0.4) is 0 Å². The number of anilines is 1. The Kier molecular flexibility index (Phi) is 7.43. The second-order valence-electron chi connectivity index (χ2n) is 8.11. The van der Waals surface area contributed by atoms with Gasteiger partial charge in [-0.05, 0) is 18.1 Å². The molecule has 2 heterocycles. The van der Waals surface area contributed by atoms with Crippen LogP contribution in [0.4, 0.5) is 18.9 Å². The Morgan fingerprint density at radius 2 is 1.82 bits per heavy atom. The maximum atomic E-state index is 13.7. The van der Waals surface area contributed by atoms with Crippen LogP contribution in [0.15, 0.2) is 36.7 Å². The van der Waals surface area contributed by atoms with Crippen LogP contribution in [0, 0.1) is 0 Å². The normalized spacial score (nSPS) is 17.0. The SMILES string of the molecule is CCc1ccccc1NC(=O)CN1CCN(C(=O)CC(O)(c2nccn2C)C(F)(F)F)CC1. The number of nitrogens with zero attached hydrogens (tertiary/aromatic N) is 4. The van der Waals surface area contributed by atoms with Gasteiger partial charge in [0.15, 0.2) is 5.82 Å². The second kappa shape index (κ2) is 9.92. The van der Waals surface area contributed by atoms with Crippen molar-refractivity contribution in [2.45, 2.75) is 31.5 Å². The Morgan fingerprint density at radius 1 is 1.15 bits per heavy atom. The minimum absolute atomic E-state index is 0.111. The molecule has 180 valence electrons. The summed E-state index contributed by atoms with van der Waals surface area (Å²) in [6.07, 6.45) is -3.04. The number of nitrogens with one attached hydrogen (secondary N) is 1. The van der Waals surface area contributed by atoms with E-state index in [0.29, 0.717) is 13.1 Å². The number of benzene rings is 1. The lowest BCUT2D eigenvalue weighted by Gasteiger charge is -2.36. The zero-order valence-corrected chi connectivity index (χ0v) is 18.6. The molecule has 0 bridgehead atoms. The third kappa shape index (κ3) is 5.53. The van der Waals surface area contributed by atoms with E-state index < -0.39 is 29.9 Å². The molecule has 0 spiro atoms. The predicted octanol–water partition coefficient (Wildman–Crippen LogP) is 1.91. The highest BCUT2D eigenvalue weighted by molar-refractivity contribution is 5.93. The topological polar surface area (TPSA) is 90.7 Å². The van der Waals surface area contributed by atoms with Crippen LogP contribution >= 0.6 is 0 Å². The summed E-state index contributed by atoms with van der Waals surface area (Å²) < 4.78 is 42.1. The largest absolute Gasteiger partial charge is 0.425 e. The smallest absolute Gasteiger partial charge is 0.374 e. The number of aryl methyl sites for hydroxylation is 2. The average molecular weight is 467 g/mol. The van der Waals surface area contributed by atoms with Crippen molar-refractivity contribution in [3.63, 3.8) is 0 Å². The van der Waals surface area contributed by atoms with Gasteiger partial charge in [-0.15, -0.1) is 0 Å². The van der Waals surface area contributed by atoms with Crippen molar-refractivity contribution in [3.8, 4) is 0 Å². The Morgan fingerprint density at radius 3 is 2.39 bits per heavy atom. The van der Waals surface area contributed by atoms with E-state index >= 15 is 0 Å². The lowest BCUT2D eigenvalue weighted by Crippen LogP contribution is -2.53. The fourth-order valence-electron chi connectivity index (χ4n) is 3.90. The van der Waals surface area contributed by atoms with Crippen molar-refractivity contribution in [3.05, 3.63) is 48.0 Å². The second-order valence-corrected chi connectivity index (χ2v) is 8.11. The van der Waals surface area contributed by atoms with Crippen LogP contribution in [0.25, 0.3) is 0 Å². The summed E-state index contributed by atoms with van der Waals surface area (Å²) in [5.41, 5.74) is -1.61. The van der Waals surface area contributed by atoms with Crippen molar-refractivity contribution >= 4 is 17.5 Å². The number of piperazine rings is 1. The first kappa shape index (κ1) is 24.7. The fourth-order valence-corrected chi connectivity index (χ4v) is 3.90. The summed E-state index contributed by atoms with van der Waals surface area (Å²) in [7, 11) is 1.33. The van der Waals surface area contributed by atoms with Crippen LogP contribution in [-0.4, -0.2) is 75.2 Å². The molecule has 1 aromatic heterocycles. The summed E-state index contributed by atoms with van der Waals surface area (Å²) in [4.78, 5) is 31.8. The van der Waals surface area contributed by atoms with Crippen molar-refractivity contribution in [2.75, 3.05) is 38.0 Å². The van der Waals surface area contributed by atoms with E-state index in [1.807, 2.05) is 36.1 Å². The van der Waals surface area contributed by atoms with Gasteiger partial charge in [-0.1, -0.05) is 25.1 Å². The van der Waals surface area contributed by atoms with Gasteiger partial charge in [0.1, 0.15) is 0 Å². The summed E-state index contributed by atoms with van der Waals surface area (Å²) in [5, 5.41) is 13.3. The van der Waals surface area contributed by atoms with Crippen LogP contribution in [-0.2, 0) is 28.7 Å². The lowest BCUT2D eigenvalue weighted by molar-refractivity contribution is -0.272. The van der Waals surface area contributed by atoms with Crippen LogP contribution in [0.1, 0.15) is 24.7 Å². The van der Waals surface area contributed by atoms with Gasteiger partial charge in [-0.2, -0.15) is 13.2 Å². The minimum atomic E-state index is -5.07. The number of hydrogen-bond donors (Lipinski definition) is 2. The molecule has 1 aliphatic heterocycles. The highest BCUT2D eigenvalue weighted by Gasteiger charge is 2.59. The zero-order valence-electron chi connectivity index (χ0n) is 18.6. The summed E-state index contributed by atoms with van der Waals surface area (Å²) in [5.74, 6) is -1.65. The number of imidazole rings is 1. The number of aromatic nitrogens is 2. The van der Waals surface area contributed by atoms with Crippen LogP contribution in [0.2, 0.25) is 0 Å². The zero-order chi connectivity index (χ0) is 24.2. The summed E-state index contributed by atoms with van der Waals surface area (Å²) in [6.45, 7) is 3.09. The Bertz CT molecular complexity index is 986. The van der Waals surface area contributed by atoms with Gasteiger partial charge >= 0.3 is 6.18 Å². The van der Waals surface area contributed by atoms with E-state index in [9.17, 15) is 27.9 Å². The molecule has 1 aromatic carbocycles. The van der Waals surface area contributed by atoms with E-state index in [2.05, 4.69) is 10.3 Å². The maximum absolute atomic E-state index is 13.7. The number of para-hydroxylation sites is 1. The number of rotatable bonds is 7. The molecule has 2 aromatic rings. The molecule has 0 aliphatic carbocycles. The highest BCUT2D eigenvalue weighted by atomic mass is 19.4. The molecule has 1 fully saturated rings. The quantitative estimate of drug-likeness (QED) is 0.649. The average Bonchev–Trinajstić information content (AvgIpc) is 3.20. The number of carbonyl (C=O) groups excluding carboxylic acids is 2. The number of amides is 2. The third-order valence-corrected chi connectivity index (χ3v) is 5.83. The number of hydrogen-bond acceptors (Lipinski definition) is 5. The fraction of sp³-hybridized carbons (Fsp3) is 0.500. The van der Waals surface area contributed by atoms with Gasteiger partial charge in [0.25, 0.3) is 0 Å². The first-order chi connectivity index (χ1) is 15.5. The number of alkyl halides is 3. The van der Waals surface area contributed by atoms with Gasteiger partial charge in [-0.3, -0.25) is 14.5 Å².